The van der Waals surface area contributed by atoms with Gasteiger partial charge in [0.25, 0.3) is 10.0 Å². The van der Waals surface area contributed by atoms with Crippen molar-refractivity contribution in [3.05, 3.63) is 54.3 Å². The summed E-state index contributed by atoms with van der Waals surface area (Å²) in [6.07, 6.45) is 0.902. The lowest BCUT2D eigenvalue weighted by Gasteiger charge is -2.33. The Bertz CT molecular complexity index is 1080. The van der Waals surface area contributed by atoms with Crippen LogP contribution in [0.5, 0.6) is 5.75 Å². The molecule has 1 aliphatic rings. The highest BCUT2D eigenvalue weighted by Crippen LogP contribution is 2.26. The lowest BCUT2D eigenvalue weighted by Crippen LogP contribution is -2.46. The maximum absolute atomic E-state index is 13.5. The van der Waals surface area contributed by atoms with Crippen LogP contribution in [0.4, 0.5) is 10.1 Å². The van der Waals surface area contributed by atoms with Gasteiger partial charge in [0.15, 0.2) is 0 Å². The van der Waals surface area contributed by atoms with E-state index in [9.17, 15) is 22.4 Å². The van der Waals surface area contributed by atoms with Crippen molar-refractivity contribution in [3.63, 3.8) is 0 Å². The Hall–Kier alpha value is -3.14. The van der Waals surface area contributed by atoms with Crippen molar-refractivity contribution in [2.75, 3.05) is 37.2 Å². The Labute approximate surface area is 199 Å². The van der Waals surface area contributed by atoms with Gasteiger partial charge >= 0.3 is 5.97 Å². The number of anilines is 1. The van der Waals surface area contributed by atoms with Crippen LogP contribution in [0.2, 0.25) is 0 Å². The Morgan fingerprint density at radius 3 is 2.18 bits per heavy atom. The summed E-state index contributed by atoms with van der Waals surface area (Å²) in [6.45, 7) is 4.49. The number of likely N-dealkylation sites (tertiary alicyclic amines) is 1. The van der Waals surface area contributed by atoms with Gasteiger partial charge in [-0.05, 0) is 75.2 Å². The molecule has 0 aromatic heterocycles. The predicted molar refractivity (Wildman–Crippen MR) is 124 cm³/mol. The van der Waals surface area contributed by atoms with E-state index in [1.165, 1.54) is 24.3 Å². The van der Waals surface area contributed by atoms with Gasteiger partial charge in [0.2, 0.25) is 5.91 Å². The van der Waals surface area contributed by atoms with Crippen molar-refractivity contribution in [1.29, 1.82) is 0 Å². The molecule has 3 rings (SSSR count). The average molecular weight is 493 g/mol. The van der Waals surface area contributed by atoms with Crippen LogP contribution in [0.25, 0.3) is 0 Å². The second-order valence-electron chi connectivity index (χ2n) is 7.80. The van der Waals surface area contributed by atoms with Crippen molar-refractivity contribution >= 4 is 27.6 Å². The lowest BCUT2D eigenvalue weighted by molar-refractivity contribution is -0.151. The van der Waals surface area contributed by atoms with Crippen LogP contribution in [-0.4, -0.2) is 58.0 Å². The summed E-state index contributed by atoms with van der Waals surface area (Å²) in [6, 6.07) is 10.8. The van der Waals surface area contributed by atoms with E-state index in [1.807, 2.05) is 6.92 Å². The fraction of sp³-hybridized carbons (Fsp3) is 0.417. The summed E-state index contributed by atoms with van der Waals surface area (Å²) in [5.41, 5.74) is 0.171. The molecule has 1 saturated heterocycles. The number of carbonyl (C=O) groups excluding carboxylic acids is 2. The molecule has 1 fully saturated rings. The zero-order valence-corrected chi connectivity index (χ0v) is 20.1. The van der Waals surface area contributed by atoms with Gasteiger partial charge in [-0.25, -0.2) is 12.8 Å². The van der Waals surface area contributed by atoms with Gasteiger partial charge in [-0.2, -0.15) is 0 Å². The molecule has 0 aliphatic carbocycles. The van der Waals surface area contributed by atoms with Gasteiger partial charge < -0.3 is 14.4 Å². The highest BCUT2D eigenvalue weighted by molar-refractivity contribution is 7.92. The molecule has 0 atom stereocenters. The van der Waals surface area contributed by atoms with Crippen molar-refractivity contribution in [2.45, 2.75) is 31.6 Å². The molecule has 2 aromatic rings. The van der Waals surface area contributed by atoms with Crippen LogP contribution in [0.3, 0.4) is 0 Å². The van der Waals surface area contributed by atoms with Gasteiger partial charge in [-0.1, -0.05) is 0 Å². The molecular weight excluding hydrogens is 463 g/mol. The number of esters is 1. The summed E-state index contributed by atoms with van der Waals surface area (Å²) in [4.78, 5) is 26.6. The van der Waals surface area contributed by atoms with E-state index >= 15 is 0 Å². The number of halogens is 1. The molecule has 0 N–H and O–H groups in total. The number of carbonyl (C=O) groups is 2. The smallest absolute Gasteiger partial charge is 0.309 e. The minimum Gasteiger partial charge on any atom is -0.494 e. The Balaban J connectivity index is 1.81. The topological polar surface area (TPSA) is 93.2 Å². The first-order chi connectivity index (χ1) is 16.3. The minimum atomic E-state index is -4.13. The van der Waals surface area contributed by atoms with Gasteiger partial charge in [0.1, 0.15) is 18.1 Å². The first kappa shape index (κ1) is 25.5. The number of benzene rings is 2. The van der Waals surface area contributed by atoms with Crippen LogP contribution in [-0.2, 0) is 24.3 Å². The highest BCUT2D eigenvalue weighted by atomic mass is 32.2. The third-order valence-corrected chi connectivity index (χ3v) is 7.37. The highest BCUT2D eigenvalue weighted by Gasteiger charge is 2.32. The van der Waals surface area contributed by atoms with Crippen LogP contribution >= 0.6 is 0 Å². The van der Waals surface area contributed by atoms with Crippen molar-refractivity contribution in [2.24, 2.45) is 5.92 Å². The molecule has 1 aliphatic heterocycles. The molecule has 1 amide bonds. The number of hydrogen-bond donors (Lipinski definition) is 0. The predicted octanol–water partition coefficient (Wildman–Crippen LogP) is 3.22. The molecular formula is C24H29FN2O6S. The van der Waals surface area contributed by atoms with Gasteiger partial charge in [-0.15, -0.1) is 0 Å². The van der Waals surface area contributed by atoms with Gasteiger partial charge in [-0.3, -0.25) is 13.9 Å². The van der Waals surface area contributed by atoms with E-state index in [0.717, 1.165) is 16.4 Å². The van der Waals surface area contributed by atoms with Crippen LogP contribution in [0.1, 0.15) is 26.7 Å². The number of nitrogens with zero attached hydrogens (tertiary/aromatic N) is 2. The first-order valence-electron chi connectivity index (χ1n) is 11.2. The molecule has 0 spiro atoms. The SMILES string of the molecule is CCOC(=O)C1CCN(C(=O)CN(c2ccc(F)cc2)S(=O)(=O)c2ccc(OCC)cc2)CC1. The zero-order valence-electron chi connectivity index (χ0n) is 19.3. The second kappa shape index (κ2) is 11.3. The summed E-state index contributed by atoms with van der Waals surface area (Å²) in [7, 11) is -4.13. The summed E-state index contributed by atoms with van der Waals surface area (Å²) >= 11 is 0. The monoisotopic (exact) mass is 492 g/mol. The third kappa shape index (κ3) is 6.05. The zero-order chi connectivity index (χ0) is 24.7. The maximum atomic E-state index is 13.5. The fourth-order valence-electron chi connectivity index (χ4n) is 3.77. The Morgan fingerprint density at radius 2 is 1.62 bits per heavy atom. The van der Waals surface area contributed by atoms with Crippen molar-refractivity contribution < 1.29 is 31.9 Å². The normalized spacial score (nSPS) is 14.5. The van der Waals surface area contributed by atoms with E-state index in [0.29, 0.717) is 44.9 Å². The number of sulfonamides is 1. The van der Waals surface area contributed by atoms with Crippen LogP contribution < -0.4 is 9.04 Å². The van der Waals surface area contributed by atoms with E-state index in [4.69, 9.17) is 9.47 Å². The minimum absolute atomic E-state index is 0.0194. The number of hydrogen-bond acceptors (Lipinski definition) is 6. The van der Waals surface area contributed by atoms with E-state index in [-0.39, 0.29) is 22.5 Å². The van der Waals surface area contributed by atoms with Gasteiger partial charge in [0.05, 0.1) is 29.7 Å². The molecule has 0 unspecified atom stereocenters. The molecule has 8 nitrogen and oxygen atoms in total. The van der Waals surface area contributed by atoms with Crippen LogP contribution in [0.15, 0.2) is 53.4 Å². The van der Waals surface area contributed by atoms with E-state index in [1.54, 1.807) is 24.0 Å². The number of rotatable bonds is 9. The summed E-state index contributed by atoms with van der Waals surface area (Å²) < 4.78 is 51.9. The number of amides is 1. The maximum Gasteiger partial charge on any atom is 0.309 e. The molecule has 2 aromatic carbocycles. The molecule has 0 saturated carbocycles. The number of ether oxygens (including phenoxy) is 2. The summed E-state index contributed by atoms with van der Waals surface area (Å²) in [5.74, 6) is -0.948. The lowest BCUT2D eigenvalue weighted by atomic mass is 9.97. The molecule has 0 bridgehead atoms. The quantitative estimate of drug-likeness (QED) is 0.499. The molecule has 1 heterocycles. The molecule has 34 heavy (non-hydrogen) atoms. The molecule has 184 valence electrons. The second-order valence-corrected chi connectivity index (χ2v) is 9.66. The van der Waals surface area contributed by atoms with Crippen LogP contribution in [0, 0.1) is 11.7 Å². The Morgan fingerprint density at radius 1 is 1.00 bits per heavy atom. The standard InChI is InChI=1S/C24H29FN2O6S/c1-3-32-21-9-11-22(12-10-21)34(30,31)27(20-7-5-19(25)6-8-20)17-23(28)26-15-13-18(14-16-26)24(29)33-4-2/h5-12,18H,3-4,13-17H2,1-2H3. The fourth-order valence-corrected chi connectivity index (χ4v) is 5.19. The van der Waals surface area contributed by atoms with Crippen molar-refractivity contribution in [3.8, 4) is 5.75 Å². The summed E-state index contributed by atoms with van der Waals surface area (Å²) in [5, 5.41) is 0. The average Bonchev–Trinajstić information content (AvgIpc) is 2.84. The number of piperidine rings is 1. The van der Waals surface area contributed by atoms with E-state index < -0.39 is 28.3 Å². The van der Waals surface area contributed by atoms with E-state index in [2.05, 4.69) is 0 Å². The Kier molecular flexibility index (Phi) is 8.49. The molecule has 10 heteroatoms. The first-order valence-corrected chi connectivity index (χ1v) is 12.7. The largest absolute Gasteiger partial charge is 0.494 e. The third-order valence-electron chi connectivity index (χ3n) is 5.58. The van der Waals surface area contributed by atoms with Gasteiger partial charge in [0, 0.05) is 13.1 Å². The molecule has 0 radical (unpaired) electrons. The van der Waals surface area contributed by atoms with Crippen molar-refractivity contribution in [1.82, 2.24) is 4.90 Å².